The minimum Gasteiger partial charge on any atom is -0.483 e. The van der Waals surface area contributed by atoms with Crippen molar-refractivity contribution in [1.29, 1.82) is 0 Å². The van der Waals surface area contributed by atoms with Gasteiger partial charge in [-0.3, -0.25) is 0 Å². The Bertz CT molecular complexity index is 570. The van der Waals surface area contributed by atoms with Crippen molar-refractivity contribution in [3.63, 3.8) is 0 Å². The second kappa shape index (κ2) is 6.03. The maximum Gasteiger partial charge on any atom is 0.148 e. The molecule has 1 heterocycles. The maximum absolute atomic E-state index is 13.2. The van der Waals surface area contributed by atoms with E-state index in [1.54, 1.807) is 23.5 Å². The molecule has 2 rings (SSSR count). The van der Waals surface area contributed by atoms with Crippen LogP contribution in [0.2, 0.25) is 0 Å². The predicted molar refractivity (Wildman–Crippen MR) is 80.2 cm³/mol. The molecule has 19 heavy (non-hydrogen) atoms. The van der Waals surface area contributed by atoms with Crippen LogP contribution in [0.25, 0.3) is 0 Å². The second-order valence-corrected chi connectivity index (χ2v) is 6.60. The summed E-state index contributed by atoms with van der Waals surface area (Å²) in [6.07, 6.45) is -0.226. The summed E-state index contributed by atoms with van der Waals surface area (Å²) in [4.78, 5) is 2.29. The Morgan fingerprint density at radius 2 is 2.05 bits per heavy atom. The smallest absolute Gasteiger partial charge is 0.148 e. The molecule has 2 nitrogen and oxygen atoms in total. The lowest BCUT2D eigenvalue weighted by Crippen LogP contribution is -2.28. The van der Waals surface area contributed by atoms with Crippen molar-refractivity contribution in [2.75, 3.05) is 0 Å². The average molecular weight is 344 g/mol. The SMILES string of the molecule is Cc1ccc(C(Oc2ccc(F)c(Br)c2)C(C)N)s1. The van der Waals surface area contributed by atoms with Crippen LogP contribution in [0.3, 0.4) is 0 Å². The maximum atomic E-state index is 13.2. The molecule has 102 valence electrons. The Balaban J connectivity index is 2.23. The van der Waals surface area contributed by atoms with E-state index in [1.165, 1.54) is 10.9 Å². The third-order valence-electron chi connectivity index (χ3n) is 2.67. The van der Waals surface area contributed by atoms with Crippen LogP contribution in [0.5, 0.6) is 5.75 Å². The third kappa shape index (κ3) is 3.55. The Kier molecular flexibility index (Phi) is 4.60. The molecule has 0 bridgehead atoms. The van der Waals surface area contributed by atoms with E-state index in [0.29, 0.717) is 10.2 Å². The van der Waals surface area contributed by atoms with Crippen molar-refractivity contribution in [2.24, 2.45) is 5.73 Å². The van der Waals surface area contributed by atoms with Gasteiger partial charge in [0.15, 0.2) is 0 Å². The van der Waals surface area contributed by atoms with E-state index in [2.05, 4.69) is 15.9 Å². The minimum atomic E-state index is -0.309. The number of halogens is 2. The van der Waals surface area contributed by atoms with Gasteiger partial charge < -0.3 is 10.5 Å². The first-order valence-corrected chi connectivity index (χ1v) is 7.52. The molecule has 0 fully saturated rings. The van der Waals surface area contributed by atoms with Crippen LogP contribution in [-0.2, 0) is 0 Å². The topological polar surface area (TPSA) is 35.2 Å². The van der Waals surface area contributed by atoms with Gasteiger partial charge in [0.05, 0.1) is 4.47 Å². The summed E-state index contributed by atoms with van der Waals surface area (Å²) in [5, 5.41) is 0. The largest absolute Gasteiger partial charge is 0.483 e. The van der Waals surface area contributed by atoms with E-state index in [9.17, 15) is 4.39 Å². The molecular formula is C14H15BrFNOS. The van der Waals surface area contributed by atoms with Crippen molar-refractivity contribution in [3.8, 4) is 5.75 Å². The summed E-state index contributed by atoms with van der Waals surface area (Å²) < 4.78 is 19.5. The number of benzene rings is 1. The van der Waals surface area contributed by atoms with Gasteiger partial charge in [0, 0.05) is 15.8 Å². The number of thiophene rings is 1. The second-order valence-electron chi connectivity index (χ2n) is 4.42. The molecule has 1 aromatic carbocycles. The predicted octanol–water partition coefficient (Wildman–Crippen LogP) is 4.43. The monoisotopic (exact) mass is 343 g/mol. The highest BCUT2D eigenvalue weighted by molar-refractivity contribution is 9.10. The van der Waals surface area contributed by atoms with Crippen LogP contribution in [0.15, 0.2) is 34.8 Å². The number of hydrogen-bond acceptors (Lipinski definition) is 3. The van der Waals surface area contributed by atoms with Crippen molar-refractivity contribution in [3.05, 3.63) is 50.4 Å². The fourth-order valence-electron chi connectivity index (χ4n) is 1.73. The molecule has 2 aromatic rings. The molecule has 1 aromatic heterocycles. The Labute approximate surface area is 124 Å². The number of nitrogens with two attached hydrogens (primary N) is 1. The molecule has 2 unspecified atom stereocenters. The summed E-state index contributed by atoms with van der Waals surface area (Å²) in [5.74, 6) is 0.290. The molecule has 5 heteroatoms. The molecular weight excluding hydrogens is 329 g/mol. The van der Waals surface area contributed by atoms with E-state index in [-0.39, 0.29) is 18.0 Å². The van der Waals surface area contributed by atoms with Crippen LogP contribution in [-0.4, -0.2) is 6.04 Å². The zero-order valence-electron chi connectivity index (χ0n) is 10.7. The van der Waals surface area contributed by atoms with Crippen LogP contribution < -0.4 is 10.5 Å². The van der Waals surface area contributed by atoms with E-state index >= 15 is 0 Å². The molecule has 0 saturated carbocycles. The zero-order valence-corrected chi connectivity index (χ0v) is 13.1. The highest BCUT2D eigenvalue weighted by atomic mass is 79.9. The molecule has 0 amide bonds. The van der Waals surface area contributed by atoms with Crippen molar-refractivity contribution in [2.45, 2.75) is 26.0 Å². The molecule has 0 aliphatic heterocycles. The van der Waals surface area contributed by atoms with Crippen LogP contribution in [0.1, 0.15) is 22.8 Å². The fourth-order valence-corrected chi connectivity index (χ4v) is 3.11. The van der Waals surface area contributed by atoms with Crippen LogP contribution >= 0.6 is 27.3 Å². The van der Waals surface area contributed by atoms with Crippen molar-refractivity contribution >= 4 is 27.3 Å². The van der Waals surface area contributed by atoms with Gasteiger partial charge in [-0.1, -0.05) is 0 Å². The van der Waals surface area contributed by atoms with Gasteiger partial charge in [0.25, 0.3) is 0 Å². The highest BCUT2D eigenvalue weighted by Crippen LogP contribution is 2.31. The minimum absolute atomic E-state index is 0.151. The normalized spacial score (nSPS) is 14.2. The first-order chi connectivity index (χ1) is 8.97. The van der Waals surface area contributed by atoms with Crippen molar-refractivity contribution in [1.82, 2.24) is 0 Å². The molecule has 0 spiro atoms. The number of rotatable bonds is 4. The Hall–Kier alpha value is -0.910. The number of hydrogen-bond donors (Lipinski definition) is 1. The van der Waals surface area contributed by atoms with Gasteiger partial charge in [-0.25, -0.2) is 4.39 Å². The molecule has 0 aliphatic rings. The molecule has 0 aliphatic carbocycles. The van der Waals surface area contributed by atoms with E-state index in [0.717, 1.165) is 4.88 Å². The van der Waals surface area contributed by atoms with Gasteiger partial charge in [0.2, 0.25) is 0 Å². The lowest BCUT2D eigenvalue weighted by Gasteiger charge is -2.21. The average Bonchev–Trinajstić information content (AvgIpc) is 2.76. The van der Waals surface area contributed by atoms with Crippen LogP contribution in [0, 0.1) is 12.7 Å². The van der Waals surface area contributed by atoms with Gasteiger partial charge in [-0.2, -0.15) is 0 Å². The Morgan fingerprint density at radius 1 is 1.32 bits per heavy atom. The first-order valence-electron chi connectivity index (χ1n) is 5.91. The van der Waals surface area contributed by atoms with E-state index in [4.69, 9.17) is 10.5 Å². The van der Waals surface area contributed by atoms with Gasteiger partial charge in [0.1, 0.15) is 17.7 Å². The fraction of sp³-hybridized carbons (Fsp3) is 0.286. The lowest BCUT2D eigenvalue weighted by atomic mass is 10.1. The quantitative estimate of drug-likeness (QED) is 0.891. The van der Waals surface area contributed by atoms with Gasteiger partial charge in [-0.15, -0.1) is 11.3 Å². The summed E-state index contributed by atoms with van der Waals surface area (Å²) in [5.41, 5.74) is 5.99. The molecule has 2 N–H and O–H groups in total. The number of ether oxygens (including phenoxy) is 1. The first kappa shape index (κ1) is 14.5. The summed E-state index contributed by atoms with van der Waals surface area (Å²) >= 11 is 4.81. The molecule has 0 radical (unpaired) electrons. The Morgan fingerprint density at radius 3 is 2.58 bits per heavy atom. The standard InChI is InChI=1S/C14H15BrFNOS/c1-8-3-6-13(19-8)14(9(2)17)18-10-4-5-12(16)11(15)7-10/h3-7,9,14H,17H2,1-2H3. The van der Waals surface area contributed by atoms with Gasteiger partial charge >= 0.3 is 0 Å². The van der Waals surface area contributed by atoms with Crippen LogP contribution in [0.4, 0.5) is 4.39 Å². The molecule has 2 atom stereocenters. The third-order valence-corrected chi connectivity index (χ3v) is 4.34. The highest BCUT2D eigenvalue weighted by Gasteiger charge is 2.20. The summed E-state index contributed by atoms with van der Waals surface area (Å²) in [6, 6.07) is 8.51. The molecule has 0 saturated heterocycles. The van der Waals surface area contributed by atoms with E-state index in [1.807, 2.05) is 26.0 Å². The zero-order chi connectivity index (χ0) is 14.0. The van der Waals surface area contributed by atoms with E-state index < -0.39 is 0 Å². The summed E-state index contributed by atoms with van der Waals surface area (Å²) in [6.45, 7) is 3.94. The van der Waals surface area contributed by atoms with Crippen molar-refractivity contribution < 1.29 is 9.13 Å². The van der Waals surface area contributed by atoms with Gasteiger partial charge in [-0.05, 0) is 60.1 Å². The summed E-state index contributed by atoms with van der Waals surface area (Å²) in [7, 11) is 0. The number of aryl methyl sites for hydroxylation is 1. The lowest BCUT2D eigenvalue weighted by molar-refractivity contribution is 0.184.